The lowest BCUT2D eigenvalue weighted by molar-refractivity contribution is -0.129. The van der Waals surface area contributed by atoms with Crippen LogP contribution in [0.3, 0.4) is 0 Å². The average molecular weight is 329 g/mol. The van der Waals surface area contributed by atoms with Gasteiger partial charge in [-0.2, -0.15) is 0 Å². The van der Waals surface area contributed by atoms with Crippen molar-refractivity contribution in [2.75, 3.05) is 13.1 Å². The Morgan fingerprint density at radius 2 is 2.12 bits per heavy atom. The predicted octanol–water partition coefficient (Wildman–Crippen LogP) is 1.97. The van der Waals surface area contributed by atoms with Crippen LogP contribution in [0.15, 0.2) is 28.8 Å². The van der Waals surface area contributed by atoms with Crippen LogP contribution < -0.4 is 10.5 Å². The summed E-state index contributed by atoms with van der Waals surface area (Å²) in [6.45, 7) is 5.62. The summed E-state index contributed by atoms with van der Waals surface area (Å²) < 4.78 is 10.9. The third-order valence-electron chi connectivity index (χ3n) is 4.42. The van der Waals surface area contributed by atoms with Crippen LogP contribution in [0.5, 0.6) is 5.75 Å². The van der Waals surface area contributed by atoms with Crippen molar-refractivity contribution in [2.24, 2.45) is 5.73 Å². The second-order valence-electron chi connectivity index (χ2n) is 6.30. The minimum atomic E-state index is 0.119. The summed E-state index contributed by atoms with van der Waals surface area (Å²) in [6.07, 6.45) is 1.29. The first-order chi connectivity index (χ1) is 11.5. The zero-order chi connectivity index (χ0) is 17.1. The number of aryl methyl sites for hydroxylation is 2. The number of hydrogen-bond acceptors (Lipinski definition) is 5. The van der Waals surface area contributed by atoms with E-state index in [9.17, 15) is 4.79 Å². The highest BCUT2D eigenvalue weighted by atomic mass is 16.5. The molecule has 0 unspecified atom stereocenters. The van der Waals surface area contributed by atoms with E-state index in [4.69, 9.17) is 15.0 Å². The molecule has 1 aliphatic heterocycles. The molecule has 0 saturated carbocycles. The lowest BCUT2D eigenvalue weighted by atomic mass is 10.1. The van der Waals surface area contributed by atoms with Gasteiger partial charge in [-0.15, -0.1) is 0 Å². The van der Waals surface area contributed by atoms with Crippen LogP contribution in [-0.4, -0.2) is 35.1 Å². The maximum absolute atomic E-state index is 12.2. The Bertz CT molecular complexity index is 689. The Balaban J connectivity index is 1.54. The third kappa shape index (κ3) is 3.76. The Kier molecular flexibility index (Phi) is 4.85. The molecule has 0 spiro atoms. The highest BCUT2D eigenvalue weighted by Gasteiger charge is 2.23. The number of rotatable bonds is 5. The zero-order valence-corrected chi connectivity index (χ0v) is 14.1. The van der Waals surface area contributed by atoms with Crippen molar-refractivity contribution >= 4 is 5.91 Å². The predicted molar refractivity (Wildman–Crippen MR) is 89.6 cm³/mol. The summed E-state index contributed by atoms with van der Waals surface area (Å²) in [5, 5.41) is 3.91. The fourth-order valence-corrected chi connectivity index (χ4v) is 2.87. The van der Waals surface area contributed by atoms with Gasteiger partial charge >= 0.3 is 0 Å². The van der Waals surface area contributed by atoms with Gasteiger partial charge in [-0.1, -0.05) is 17.3 Å². The number of carbonyl (C=O) groups is 1. The first-order valence-corrected chi connectivity index (χ1v) is 8.20. The molecule has 3 rings (SSSR count). The van der Waals surface area contributed by atoms with E-state index in [2.05, 4.69) is 5.16 Å². The van der Waals surface area contributed by atoms with E-state index in [1.807, 2.05) is 43.0 Å². The molecule has 128 valence electrons. The molecular formula is C18H23N3O3. The number of nitrogens with two attached hydrogens (primary N) is 1. The molecular weight excluding hydrogens is 306 g/mol. The maximum Gasteiger partial charge on any atom is 0.227 e. The van der Waals surface area contributed by atoms with Crippen LogP contribution in [0.1, 0.15) is 29.0 Å². The lowest BCUT2D eigenvalue weighted by Gasteiger charge is -2.15. The van der Waals surface area contributed by atoms with Gasteiger partial charge in [0.1, 0.15) is 18.1 Å². The molecule has 1 atom stereocenters. The molecule has 1 aliphatic rings. The van der Waals surface area contributed by atoms with Crippen LogP contribution >= 0.6 is 0 Å². The van der Waals surface area contributed by atoms with Gasteiger partial charge in [0, 0.05) is 19.1 Å². The van der Waals surface area contributed by atoms with Crippen LogP contribution in [0.4, 0.5) is 0 Å². The molecule has 1 fully saturated rings. The minimum Gasteiger partial charge on any atom is -0.489 e. The summed E-state index contributed by atoms with van der Waals surface area (Å²) in [7, 11) is 0. The summed E-state index contributed by atoms with van der Waals surface area (Å²) in [5.74, 6) is 1.67. The maximum atomic E-state index is 12.2. The second-order valence-corrected chi connectivity index (χ2v) is 6.30. The molecule has 0 radical (unpaired) electrons. The van der Waals surface area contributed by atoms with Gasteiger partial charge in [0.25, 0.3) is 0 Å². The van der Waals surface area contributed by atoms with E-state index in [-0.39, 0.29) is 11.9 Å². The second kappa shape index (κ2) is 7.05. The average Bonchev–Trinajstić information content (AvgIpc) is 3.13. The number of nitrogens with zero attached hydrogens (tertiary/aromatic N) is 2. The summed E-state index contributed by atoms with van der Waals surface area (Å²) in [6, 6.07) is 7.74. The van der Waals surface area contributed by atoms with E-state index >= 15 is 0 Å². The number of ether oxygens (including phenoxy) is 1. The molecule has 1 amide bonds. The highest BCUT2D eigenvalue weighted by Crippen LogP contribution is 2.18. The third-order valence-corrected chi connectivity index (χ3v) is 4.42. The minimum absolute atomic E-state index is 0.119. The molecule has 1 aromatic heterocycles. The normalized spacial score (nSPS) is 17.3. The van der Waals surface area contributed by atoms with Crippen LogP contribution in [0.25, 0.3) is 0 Å². The van der Waals surface area contributed by atoms with Crippen molar-refractivity contribution in [3.63, 3.8) is 0 Å². The van der Waals surface area contributed by atoms with Gasteiger partial charge in [-0.25, -0.2) is 0 Å². The molecule has 6 nitrogen and oxygen atoms in total. The molecule has 2 aromatic rings. The van der Waals surface area contributed by atoms with E-state index in [1.165, 1.54) is 0 Å². The van der Waals surface area contributed by atoms with Crippen LogP contribution in [0.2, 0.25) is 0 Å². The molecule has 6 heteroatoms. The van der Waals surface area contributed by atoms with Gasteiger partial charge in [-0.05, 0) is 38.0 Å². The topological polar surface area (TPSA) is 81.6 Å². The molecule has 24 heavy (non-hydrogen) atoms. The first-order valence-electron chi connectivity index (χ1n) is 8.20. The number of carbonyl (C=O) groups excluding carboxylic acids is 1. The summed E-state index contributed by atoms with van der Waals surface area (Å²) in [5.41, 5.74) is 8.64. The van der Waals surface area contributed by atoms with E-state index in [0.29, 0.717) is 19.6 Å². The van der Waals surface area contributed by atoms with Crippen molar-refractivity contribution in [3.8, 4) is 5.75 Å². The Morgan fingerprint density at radius 3 is 2.71 bits per heavy atom. The molecule has 1 saturated heterocycles. The van der Waals surface area contributed by atoms with Crippen molar-refractivity contribution in [3.05, 3.63) is 46.8 Å². The van der Waals surface area contributed by atoms with Gasteiger partial charge in [-0.3, -0.25) is 4.79 Å². The summed E-state index contributed by atoms with van der Waals surface area (Å²) in [4.78, 5) is 14.1. The van der Waals surface area contributed by atoms with Crippen molar-refractivity contribution in [1.82, 2.24) is 10.1 Å². The largest absolute Gasteiger partial charge is 0.489 e. The van der Waals surface area contributed by atoms with Gasteiger partial charge in [0.2, 0.25) is 5.91 Å². The van der Waals surface area contributed by atoms with Crippen molar-refractivity contribution in [1.29, 1.82) is 0 Å². The quantitative estimate of drug-likeness (QED) is 0.907. The standard InChI is InChI=1S/C18H23N3O3/c1-12-17(13(2)24-20-12)11-23-16-5-3-14(4-6-16)9-18(22)21-8-7-15(19)10-21/h3-6,15H,7-11,19H2,1-2H3/t15-/m1/s1. The number of aromatic nitrogens is 1. The van der Waals surface area contributed by atoms with Gasteiger partial charge in [0.15, 0.2) is 0 Å². The highest BCUT2D eigenvalue weighted by molar-refractivity contribution is 5.79. The van der Waals surface area contributed by atoms with Crippen LogP contribution in [-0.2, 0) is 17.8 Å². The summed E-state index contributed by atoms with van der Waals surface area (Å²) >= 11 is 0. The molecule has 0 aliphatic carbocycles. The van der Waals surface area contributed by atoms with Crippen molar-refractivity contribution < 1.29 is 14.1 Å². The number of amides is 1. The Hall–Kier alpha value is -2.34. The SMILES string of the molecule is Cc1noc(C)c1COc1ccc(CC(=O)N2CC[C@@H](N)C2)cc1. The zero-order valence-electron chi connectivity index (χ0n) is 14.1. The number of hydrogen-bond donors (Lipinski definition) is 1. The lowest BCUT2D eigenvalue weighted by Crippen LogP contribution is -2.32. The Labute approximate surface area is 141 Å². The monoisotopic (exact) mass is 329 g/mol. The number of likely N-dealkylation sites (tertiary alicyclic amines) is 1. The van der Waals surface area contributed by atoms with E-state index in [0.717, 1.165) is 41.3 Å². The van der Waals surface area contributed by atoms with Gasteiger partial charge < -0.3 is 19.9 Å². The fourth-order valence-electron chi connectivity index (χ4n) is 2.87. The van der Waals surface area contributed by atoms with Crippen molar-refractivity contribution in [2.45, 2.75) is 39.3 Å². The fraction of sp³-hybridized carbons (Fsp3) is 0.444. The molecule has 2 N–H and O–H groups in total. The number of benzene rings is 1. The molecule has 2 heterocycles. The van der Waals surface area contributed by atoms with E-state index < -0.39 is 0 Å². The van der Waals surface area contributed by atoms with Gasteiger partial charge in [0.05, 0.1) is 17.7 Å². The first kappa shape index (κ1) is 16.5. The molecule has 1 aromatic carbocycles. The van der Waals surface area contributed by atoms with E-state index in [1.54, 1.807) is 0 Å². The smallest absolute Gasteiger partial charge is 0.227 e. The molecule has 0 bridgehead atoms. The van der Waals surface area contributed by atoms with Crippen LogP contribution in [0, 0.1) is 13.8 Å². The Morgan fingerprint density at radius 1 is 1.38 bits per heavy atom.